The monoisotopic (exact) mass is 679 g/mol. The second-order valence-corrected chi connectivity index (χ2v) is 12.1. The first-order chi connectivity index (χ1) is 18.0. The van der Waals surface area contributed by atoms with Crippen molar-refractivity contribution >= 4 is 72.2 Å². The molecule has 0 aliphatic rings. The van der Waals surface area contributed by atoms with Gasteiger partial charge in [-0.1, -0.05) is 66.0 Å². The quantitative estimate of drug-likeness (QED) is 0.184. The molecule has 0 saturated heterocycles. The molecule has 1 aromatic heterocycles. The summed E-state index contributed by atoms with van der Waals surface area (Å²) in [6, 6.07) is 14.3. The van der Waals surface area contributed by atoms with Gasteiger partial charge in [0.15, 0.2) is 11.5 Å². The van der Waals surface area contributed by atoms with E-state index in [1.807, 2.05) is 52.0 Å². The van der Waals surface area contributed by atoms with Crippen LogP contribution in [-0.4, -0.2) is 22.5 Å². The van der Waals surface area contributed by atoms with Gasteiger partial charge in [0, 0.05) is 35.5 Å². The first-order valence-electron chi connectivity index (χ1n) is 11.8. The number of hydrogen-bond donors (Lipinski definition) is 0. The molecule has 4 aromatic rings. The highest BCUT2D eigenvalue weighted by atomic mass is 79.9. The fraction of sp³-hybridized carbons (Fsp3) is 0.250. The van der Waals surface area contributed by atoms with Gasteiger partial charge < -0.3 is 9.47 Å². The van der Waals surface area contributed by atoms with Gasteiger partial charge in [-0.25, -0.2) is 4.98 Å². The number of hydrogen-bond acceptors (Lipinski definition) is 5. The summed E-state index contributed by atoms with van der Waals surface area (Å²) in [5.41, 5.74) is 1.44. The Hall–Kier alpha value is -2.39. The molecule has 10 heteroatoms. The van der Waals surface area contributed by atoms with Crippen LogP contribution >= 0.6 is 55.1 Å². The number of nitrogens with zero attached hydrogens (tertiary/aromatic N) is 3. The van der Waals surface area contributed by atoms with Crippen molar-refractivity contribution in [1.82, 2.24) is 9.66 Å². The van der Waals surface area contributed by atoms with E-state index in [0.29, 0.717) is 54.9 Å². The number of halogens is 4. The van der Waals surface area contributed by atoms with E-state index < -0.39 is 5.41 Å². The molecule has 0 amide bonds. The molecule has 0 fully saturated rings. The van der Waals surface area contributed by atoms with Crippen LogP contribution in [0.4, 0.5) is 0 Å². The predicted octanol–water partition coefficient (Wildman–Crippen LogP) is 8.39. The summed E-state index contributed by atoms with van der Waals surface area (Å²) in [6.45, 7) is 8.55. The van der Waals surface area contributed by atoms with E-state index in [0.717, 1.165) is 10.0 Å². The average molecular weight is 682 g/mol. The van der Waals surface area contributed by atoms with Gasteiger partial charge in [0.25, 0.3) is 5.56 Å². The Morgan fingerprint density at radius 2 is 1.76 bits per heavy atom. The van der Waals surface area contributed by atoms with Gasteiger partial charge in [0.1, 0.15) is 12.4 Å². The zero-order chi connectivity index (χ0) is 27.6. The van der Waals surface area contributed by atoms with Crippen LogP contribution in [0.5, 0.6) is 11.5 Å². The number of rotatable bonds is 7. The van der Waals surface area contributed by atoms with Crippen molar-refractivity contribution < 1.29 is 9.47 Å². The Bertz CT molecular complexity index is 1600. The van der Waals surface area contributed by atoms with E-state index in [1.54, 1.807) is 30.5 Å². The molecular weight excluding hydrogens is 657 g/mol. The van der Waals surface area contributed by atoms with Crippen molar-refractivity contribution in [1.29, 1.82) is 0 Å². The molecule has 0 saturated carbocycles. The minimum atomic E-state index is -0.424. The minimum Gasteiger partial charge on any atom is -0.490 e. The second kappa shape index (κ2) is 11.8. The van der Waals surface area contributed by atoms with Gasteiger partial charge in [-0.15, -0.1) is 0 Å². The van der Waals surface area contributed by atoms with Crippen molar-refractivity contribution in [3.05, 3.63) is 94.8 Å². The summed E-state index contributed by atoms with van der Waals surface area (Å²) in [7, 11) is 0. The van der Waals surface area contributed by atoms with E-state index in [1.165, 1.54) is 4.68 Å². The van der Waals surface area contributed by atoms with E-state index in [9.17, 15) is 4.79 Å². The molecule has 0 spiro atoms. The van der Waals surface area contributed by atoms with Crippen molar-refractivity contribution in [3.8, 4) is 11.5 Å². The lowest BCUT2D eigenvalue weighted by Gasteiger charge is -2.21. The fourth-order valence-electron chi connectivity index (χ4n) is 3.69. The largest absolute Gasteiger partial charge is 0.490 e. The third kappa shape index (κ3) is 6.42. The van der Waals surface area contributed by atoms with Crippen LogP contribution < -0.4 is 15.0 Å². The van der Waals surface area contributed by atoms with Gasteiger partial charge in [0.05, 0.1) is 23.7 Å². The van der Waals surface area contributed by atoms with Crippen molar-refractivity contribution in [2.24, 2.45) is 5.10 Å². The molecule has 0 unspecified atom stereocenters. The van der Waals surface area contributed by atoms with Crippen LogP contribution in [0, 0.1) is 0 Å². The maximum atomic E-state index is 13.5. The molecule has 0 radical (unpaired) electrons. The summed E-state index contributed by atoms with van der Waals surface area (Å²) in [4.78, 5) is 18.2. The van der Waals surface area contributed by atoms with Crippen LogP contribution in [-0.2, 0) is 12.0 Å². The first kappa shape index (κ1) is 28.6. The van der Waals surface area contributed by atoms with Crippen LogP contribution in [0.1, 0.15) is 44.6 Å². The lowest BCUT2D eigenvalue weighted by molar-refractivity contribution is 0.269. The average Bonchev–Trinajstić information content (AvgIpc) is 2.84. The molecule has 0 bridgehead atoms. The zero-order valence-electron chi connectivity index (χ0n) is 21.2. The Kier molecular flexibility index (Phi) is 8.87. The lowest BCUT2D eigenvalue weighted by Crippen LogP contribution is -2.29. The molecule has 6 nitrogen and oxygen atoms in total. The van der Waals surface area contributed by atoms with Gasteiger partial charge in [-0.3, -0.25) is 4.79 Å². The maximum absolute atomic E-state index is 13.5. The number of ether oxygens (including phenoxy) is 2. The Labute approximate surface area is 247 Å². The lowest BCUT2D eigenvalue weighted by atomic mass is 9.95. The van der Waals surface area contributed by atoms with E-state index >= 15 is 0 Å². The zero-order valence-corrected chi connectivity index (χ0v) is 25.9. The van der Waals surface area contributed by atoms with Crippen molar-refractivity contribution in [2.45, 2.75) is 39.7 Å². The van der Waals surface area contributed by atoms with Gasteiger partial charge in [-0.05, 0) is 65.3 Å². The normalized spacial score (nSPS) is 11.9. The smallest absolute Gasteiger partial charge is 0.282 e. The third-order valence-electron chi connectivity index (χ3n) is 5.55. The van der Waals surface area contributed by atoms with Crippen LogP contribution in [0.25, 0.3) is 10.9 Å². The summed E-state index contributed by atoms with van der Waals surface area (Å²) >= 11 is 19.3. The molecule has 1 heterocycles. The summed E-state index contributed by atoms with van der Waals surface area (Å²) in [5, 5.41) is 6.13. The Morgan fingerprint density at radius 3 is 2.45 bits per heavy atom. The fourth-order valence-corrected chi connectivity index (χ4v) is 4.94. The highest BCUT2D eigenvalue weighted by Gasteiger charge is 2.23. The van der Waals surface area contributed by atoms with Crippen LogP contribution in [0.15, 0.2) is 67.4 Å². The van der Waals surface area contributed by atoms with E-state index in [-0.39, 0.29) is 12.2 Å². The minimum absolute atomic E-state index is 0.235. The third-order valence-corrected chi connectivity index (χ3v) is 7.32. The molecule has 4 rings (SSSR count). The van der Waals surface area contributed by atoms with Crippen molar-refractivity contribution in [3.63, 3.8) is 0 Å². The molecule has 3 aromatic carbocycles. The Balaban J connectivity index is 1.73. The summed E-state index contributed by atoms with van der Waals surface area (Å²) in [6.07, 6.45) is 1.61. The topological polar surface area (TPSA) is 65.7 Å². The molecule has 0 aliphatic heterocycles. The molecular formula is C28H25Br2Cl2N3O3. The Morgan fingerprint density at radius 1 is 1.03 bits per heavy atom. The summed E-state index contributed by atoms with van der Waals surface area (Å²) in [5.74, 6) is 1.62. The second-order valence-electron chi connectivity index (χ2n) is 9.49. The molecule has 38 heavy (non-hydrogen) atoms. The number of fused-ring (bicyclic) bond motifs is 1. The molecule has 0 atom stereocenters. The van der Waals surface area contributed by atoms with E-state index in [2.05, 4.69) is 37.0 Å². The maximum Gasteiger partial charge on any atom is 0.282 e. The highest BCUT2D eigenvalue weighted by Crippen LogP contribution is 2.34. The van der Waals surface area contributed by atoms with Gasteiger partial charge >= 0.3 is 0 Å². The molecule has 0 aliphatic carbocycles. The van der Waals surface area contributed by atoms with Crippen LogP contribution in [0.2, 0.25) is 10.0 Å². The standard InChI is InChI=1S/C28H25Br2Cl2N3O3/c1-5-37-24-10-17(21(30)13-25(24)38-15-16-6-8-19(31)12-22(16)32)14-33-35-26(36)20-11-18(29)7-9-23(20)34-27(35)28(2,3)4/h6-14H,5,15H2,1-4H3. The highest BCUT2D eigenvalue weighted by molar-refractivity contribution is 9.10. The van der Waals surface area contributed by atoms with Gasteiger partial charge in [-0.2, -0.15) is 9.78 Å². The van der Waals surface area contributed by atoms with E-state index in [4.69, 9.17) is 37.7 Å². The van der Waals surface area contributed by atoms with Gasteiger partial charge in [0.2, 0.25) is 0 Å². The van der Waals surface area contributed by atoms with Crippen molar-refractivity contribution in [2.75, 3.05) is 6.61 Å². The predicted molar refractivity (Wildman–Crippen MR) is 161 cm³/mol. The number of benzene rings is 3. The molecule has 198 valence electrons. The number of aromatic nitrogens is 2. The van der Waals surface area contributed by atoms with Crippen LogP contribution in [0.3, 0.4) is 0 Å². The summed E-state index contributed by atoms with van der Waals surface area (Å²) < 4.78 is 14.7. The SMILES string of the molecule is CCOc1cc(C=Nn2c(C(C)(C)C)nc3ccc(Br)cc3c2=O)c(Br)cc1OCc1ccc(Cl)cc1Cl. The first-order valence-corrected chi connectivity index (χ1v) is 14.1. The molecule has 0 N–H and O–H groups in total.